The lowest BCUT2D eigenvalue weighted by Crippen LogP contribution is -2.56. The molecular formula is C33H37N3O8. The van der Waals surface area contributed by atoms with Crippen LogP contribution >= 0.6 is 0 Å². The van der Waals surface area contributed by atoms with E-state index in [0.717, 1.165) is 16.6 Å². The topological polar surface area (TPSA) is 158 Å². The number of para-hydroxylation sites is 1. The van der Waals surface area contributed by atoms with Crippen molar-refractivity contribution in [3.63, 3.8) is 0 Å². The van der Waals surface area contributed by atoms with E-state index in [9.17, 15) is 29.4 Å². The van der Waals surface area contributed by atoms with Gasteiger partial charge in [0.2, 0.25) is 11.8 Å². The van der Waals surface area contributed by atoms with Gasteiger partial charge in [-0.25, -0.2) is 0 Å². The second kappa shape index (κ2) is 13.4. The number of rotatable bonds is 13. The number of aldehydes is 1. The van der Waals surface area contributed by atoms with Crippen molar-refractivity contribution in [3.8, 4) is 11.5 Å². The number of amides is 2. The van der Waals surface area contributed by atoms with Crippen LogP contribution in [0.4, 0.5) is 0 Å². The van der Waals surface area contributed by atoms with Gasteiger partial charge in [0.25, 0.3) is 0 Å². The van der Waals surface area contributed by atoms with Crippen LogP contribution < -0.4 is 14.8 Å². The molecule has 232 valence electrons. The van der Waals surface area contributed by atoms with E-state index < -0.39 is 30.1 Å². The zero-order valence-corrected chi connectivity index (χ0v) is 24.7. The summed E-state index contributed by atoms with van der Waals surface area (Å²) in [5.74, 6) is -0.941. The van der Waals surface area contributed by atoms with Crippen molar-refractivity contribution in [2.45, 2.75) is 56.8 Å². The number of nitrogens with zero attached hydrogens (tertiary/aromatic N) is 1. The second-order valence-electron chi connectivity index (χ2n) is 11.2. The lowest BCUT2D eigenvalue weighted by Gasteiger charge is -2.40. The zero-order valence-electron chi connectivity index (χ0n) is 24.7. The number of nitrogens with one attached hydrogen (secondary N) is 2. The van der Waals surface area contributed by atoms with Gasteiger partial charge in [0.1, 0.15) is 24.3 Å². The highest BCUT2D eigenvalue weighted by molar-refractivity contribution is 5.96. The number of hydrogen-bond donors (Lipinski definition) is 4. The average molecular weight is 604 g/mol. The molecule has 0 fully saturated rings. The molecule has 11 heteroatoms. The summed E-state index contributed by atoms with van der Waals surface area (Å²) in [6.07, 6.45) is 1.18. The first-order chi connectivity index (χ1) is 21.2. The zero-order chi connectivity index (χ0) is 31.4. The number of H-pyrrole nitrogens is 1. The lowest BCUT2D eigenvalue weighted by molar-refractivity contribution is -0.137. The molecule has 2 amide bonds. The Balaban J connectivity index is 1.53. The summed E-state index contributed by atoms with van der Waals surface area (Å²) >= 11 is 0. The lowest BCUT2D eigenvalue weighted by atomic mass is 9.77. The van der Waals surface area contributed by atoms with Gasteiger partial charge < -0.3 is 39.7 Å². The Morgan fingerprint density at radius 3 is 2.66 bits per heavy atom. The number of fused-ring (bicyclic) bond motifs is 4. The standard InChI is InChI=1S/C33H37N3O8/c1-19(39)6-5-9-28(40)36(12-10-22-16-21-7-3-4-8-25(21)35-22)26-17-24(33(42)34-11-13-37)29-23-14-20(18-38)15-27(43-2)31(23)44-32(29)30(26)41/h3-4,7-8,14-18,26,29-30,32,35,37,41H,5-6,9-13H2,1-2H3,(H,34,42)/t26-,29+,30+,32+/m1/s1. The third-order valence-electron chi connectivity index (χ3n) is 8.22. The number of aliphatic hydroxyl groups is 2. The smallest absolute Gasteiger partial charge is 0.247 e. The van der Waals surface area contributed by atoms with Crippen LogP contribution in [0.15, 0.2) is 54.1 Å². The van der Waals surface area contributed by atoms with Crippen molar-refractivity contribution < 1.29 is 38.9 Å². The summed E-state index contributed by atoms with van der Waals surface area (Å²) in [6.45, 7) is 1.42. The Morgan fingerprint density at radius 2 is 1.95 bits per heavy atom. The van der Waals surface area contributed by atoms with E-state index in [2.05, 4.69) is 10.3 Å². The van der Waals surface area contributed by atoms with Crippen molar-refractivity contribution in [2.24, 2.45) is 0 Å². The molecule has 4 atom stereocenters. The van der Waals surface area contributed by atoms with E-state index in [0.29, 0.717) is 36.0 Å². The molecule has 2 aromatic carbocycles. The van der Waals surface area contributed by atoms with E-state index in [-0.39, 0.29) is 55.6 Å². The molecule has 2 aliphatic rings. The van der Waals surface area contributed by atoms with Crippen molar-refractivity contribution in [1.29, 1.82) is 0 Å². The van der Waals surface area contributed by atoms with Gasteiger partial charge in [-0.05, 0) is 49.1 Å². The first-order valence-electron chi connectivity index (χ1n) is 14.7. The number of carbonyl (C=O) groups is 4. The van der Waals surface area contributed by atoms with Gasteiger partial charge in [-0.1, -0.05) is 18.2 Å². The number of hydrogen-bond acceptors (Lipinski definition) is 8. The van der Waals surface area contributed by atoms with E-state index in [1.54, 1.807) is 17.0 Å². The third kappa shape index (κ3) is 6.24. The molecule has 0 unspecified atom stereocenters. The SMILES string of the molecule is COc1cc(C=O)cc2c1O[C@@H]1[C@@H](O)[C@H](N(CCc3cc4ccccc4[nH]3)C(=O)CCCC(C)=O)C=C(C(=O)NCCO)[C@H]21. The molecule has 1 aliphatic heterocycles. The number of carbonyl (C=O) groups excluding carboxylic acids is 4. The third-order valence-corrected chi connectivity index (χ3v) is 8.22. The second-order valence-corrected chi connectivity index (χ2v) is 11.2. The van der Waals surface area contributed by atoms with Gasteiger partial charge in [-0.3, -0.25) is 14.4 Å². The molecule has 4 N–H and O–H groups in total. The summed E-state index contributed by atoms with van der Waals surface area (Å²) < 4.78 is 11.7. The van der Waals surface area contributed by atoms with Crippen LogP contribution in [0.2, 0.25) is 0 Å². The highest BCUT2D eigenvalue weighted by atomic mass is 16.5. The normalized spacial score (nSPS) is 20.2. The van der Waals surface area contributed by atoms with Gasteiger partial charge in [-0.2, -0.15) is 0 Å². The van der Waals surface area contributed by atoms with Crippen molar-refractivity contribution in [3.05, 3.63) is 70.9 Å². The predicted molar refractivity (Wildman–Crippen MR) is 162 cm³/mol. The van der Waals surface area contributed by atoms with Crippen molar-refractivity contribution in [2.75, 3.05) is 26.8 Å². The van der Waals surface area contributed by atoms with Crippen LogP contribution in [0, 0.1) is 0 Å². The molecule has 5 rings (SSSR count). The largest absolute Gasteiger partial charge is 0.493 e. The number of aromatic nitrogens is 1. The molecule has 1 aliphatic carbocycles. The molecule has 0 bridgehead atoms. The maximum Gasteiger partial charge on any atom is 0.247 e. The summed E-state index contributed by atoms with van der Waals surface area (Å²) in [5, 5.41) is 24.9. The highest BCUT2D eigenvalue weighted by Gasteiger charge is 2.51. The predicted octanol–water partition coefficient (Wildman–Crippen LogP) is 2.44. The molecule has 11 nitrogen and oxygen atoms in total. The molecule has 2 heterocycles. The number of Topliss-reactive ketones (excluding diaryl/α,β-unsaturated/α-hetero) is 1. The number of methoxy groups -OCH3 is 1. The summed E-state index contributed by atoms with van der Waals surface area (Å²) in [6, 6.07) is 12.0. The number of aliphatic hydroxyl groups excluding tert-OH is 2. The van der Waals surface area contributed by atoms with E-state index >= 15 is 0 Å². The van der Waals surface area contributed by atoms with Crippen LogP contribution in [0.25, 0.3) is 10.9 Å². The van der Waals surface area contributed by atoms with Crippen LogP contribution in [0.1, 0.15) is 53.7 Å². The van der Waals surface area contributed by atoms with Gasteiger partial charge in [0.15, 0.2) is 11.5 Å². The quantitative estimate of drug-likeness (QED) is 0.217. The maximum absolute atomic E-state index is 13.7. The average Bonchev–Trinajstić information content (AvgIpc) is 3.62. The molecule has 0 radical (unpaired) electrons. The highest BCUT2D eigenvalue weighted by Crippen LogP contribution is 2.51. The molecule has 0 spiro atoms. The fourth-order valence-electron chi connectivity index (χ4n) is 6.14. The van der Waals surface area contributed by atoms with Gasteiger partial charge >= 0.3 is 0 Å². The fourth-order valence-corrected chi connectivity index (χ4v) is 6.14. The number of ether oxygens (including phenoxy) is 2. The first-order valence-corrected chi connectivity index (χ1v) is 14.7. The van der Waals surface area contributed by atoms with Crippen LogP contribution in [0.5, 0.6) is 11.5 Å². The minimum absolute atomic E-state index is 0.000266. The molecule has 0 saturated carbocycles. The monoisotopic (exact) mass is 603 g/mol. The minimum Gasteiger partial charge on any atom is -0.493 e. The number of aromatic amines is 1. The Kier molecular flexibility index (Phi) is 9.46. The molecule has 1 aromatic heterocycles. The Morgan fingerprint density at radius 1 is 1.16 bits per heavy atom. The maximum atomic E-state index is 13.7. The number of ketones is 1. The van der Waals surface area contributed by atoms with Crippen molar-refractivity contribution in [1.82, 2.24) is 15.2 Å². The molecule has 44 heavy (non-hydrogen) atoms. The summed E-state index contributed by atoms with van der Waals surface area (Å²) in [7, 11) is 1.44. The van der Waals surface area contributed by atoms with Crippen LogP contribution in [-0.2, 0) is 20.8 Å². The minimum atomic E-state index is -1.24. The van der Waals surface area contributed by atoms with Crippen molar-refractivity contribution >= 4 is 34.8 Å². The van der Waals surface area contributed by atoms with Crippen LogP contribution in [0.3, 0.4) is 0 Å². The van der Waals surface area contributed by atoms with Gasteiger partial charge in [-0.15, -0.1) is 0 Å². The summed E-state index contributed by atoms with van der Waals surface area (Å²) in [5.41, 5.74) is 2.94. The van der Waals surface area contributed by atoms with Gasteiger partial charge in [0.05, 0.1) is 25.7 Å². The molecule has 3 aromatic rings. The molecule has 0 saturated heterocycles. The van der Waals surface area contributed by atoms with E-state index in [1.165, 1.54) is 20.1 Å². The summed E-state index contributed by atoms with van der Waals surface area (Å²) in [4.78, 5) is 55.5. The van der Waals surface area contributed by atoms with E-state index in [4.69, 9.17) is 9.47 Å². The van der Waals surface area contributed by atoms with E-state index in [1.807, 2.05) is 30.3 Å². The first kappa shape index (κ1) is 31.0. The number of benzene rings is 2. The Labute approximate surface area is 254 Å². The Bertz CT molecular complexity index is 1560. The fraction of sp³-hybridized carbons (Fsp3) is 0.394. The Hall–Kier alpha value is -4.48. The van der Waals surface area contributed by atoms with Gasteiger partial charge in [0, 0.05) is 60.3 Å². The molecular weight excluding hydrogens is 566 g/mol. The van der Waals surface area contributed by atoms with Crippen LogP contribution in [-0.4, -0.2) is 89.0 Å².